The molecule has 0 bridgehead atoms. The smallest absolute Gasteiger partial charge is 0.204 e. The number of aromatic nitrogens is 4. The monoisotopic (exact) mass is 510 g/mol. The van der Waals surface area contributed by atoms with Crippen molar-refractivity contribution in [3.05, 3.63) is 24.0 Å². The number of carbonyl (C=O) groups excluding carboxylic acids is 1. The van der Waals surface area contributed by atoms with Gasteiger partial charge in [0.25, 0.3) is 0 Å². The number of nitrogens with zero attached hydrogens (tertiary/aromatic N) is 5. The van der Waals surface area contributed by atoms with Crippen LogP contribution >= 0.6 is 0 Å². The van der Waals surface area contributed by atoms with E-state index in [0.717, 1.165) is 80.8 Å². The first-order chi connectivity index (χ1) is 17.9. The number of methoxy groups -OCH3 is 1. The Morgan fingerprint density at radius 1 is 1.19 bits per heavy atom. The van der Waals surface area contributed by atoms with Crippen molar-refractivity contribution in [2.24, 2.45) is 11.8 Å². The van der Waals surface area contributed by atoms with Crippen molar-refractivity contribution in [3.63, 3.8) is 0 Å². The van der Waals surface area contributed by atoms with Crippen molar-refractivity contribution in [3.8, 4) is 5.75 Å². The first-order valence-electron chi connectivity index (χ1n) is 13.7. The third-order valence-corrected chi connectivity index (χ3v) is 7.63. The van der Waals surface area contributed by atoms with Crippen LogP contribution in [0.25, 0.3) is 16.7 Å². The van der Waals surface area contributed by atoms with Gasteiger partial charge in [0.1, 0.15) is 17.4 Å². The number of hydrogen-bond acceptors (Lipinski definition) is 8. The number of likely N-dealkylation sites (tertiary alicyclic amines) is 1. The largest absolute Gasteiger partial charge is 0.497 e. The van der Waals surface area contributed by atoms with Crippen LogP contribution in [0.2, 0.25) is 0 Å². The summed E-state index contributed by atoms with van der Waals surface area (Å²) in [6.45, 7) is 9.20. The lowest BCUT2D eigenvalue weighted by atomic mass is 9.89. The van der Waals surface area contributed by atoms with Crippen LogP contribution in [0.5, 0.6) is 5.75 Å². The summed E-state index contributed by atoms with van der Waals surface area (Å²) in [6, 6.07) is 5.83. The molecule has 9 heteroatoms. The molecule has 1 fully saturated rings. The van der Waals surface area contributed by atoms with Crippen molar-refractivity contribution in [2.45, 2.75) is 71.8 Å². The van der Waals surface area contributed by atoms with E-state index in [1.165, 1.54) is 0 Å². The van der Waals surface area contributed by atoms with Crippen LogP contribution in [0, 0.1) is 18.8 Å². The maximum absolute atomic E-state index is 13.1. The van der Waals surface area contributed by atoms with Gasteiger partial charge >= 0.3 is 0 Å². The lowest BCUT2D eigenvalue weighted by Crippen LogP contribution is -2.48. The van der Waals surface area contributed by atoms with Gasteiger partial charge in [-0.05, 0) is 76.1 Å². The van der Waals surface area contributed by atoms with Crippen molar-refractivity contribution in [1.82, 2.24) is 24.5 Å². The minimum atomic E-state index is 0.0106. The minimum Gasteiger partial charge on any atom is -0.497 e. The second-order valence-electron chi connectivity index (χ2n) is 10.6. The number of aliphatic hydroxyl groups excluding tert-OH is 1. The van der Waals surface area contributed by atoms with E-state index in [1.807, 2.05) is 29.5 Å². The topological polar surface area (TPSA) is 105 Å². The van der Waals surface area contributed by atoms with Gasteiger partial charge in [-0.3, -0.25) is 14.1 Å². The van der Waals surface area contributed by atoms with Gasteiger partial charge in [-0.1, -0.05) is 20.3 Å². The molecule has 3 aromatic rings. The van der Waals surface area contributed by atoms with E-state index < -0.39 is 0 Å². The highest BCUT2D eigenvalue weighted by molar-refractivity contribution is 5.84. The molecule has 3 heterocycles. The first-order valence-corrected chi connectivity index (χ1v) is 13.7. The Morgan fingerprint density at radius 2 is 1.97 bits per heavy atom. The number of fused-ring (bicyclic) bond motifs is 3. The van der Waals surface area contributed by atoms with Crippen molar-refractivity contribution in [2.75, 3.05) is 38.7 Å². The van der Waals surface area contributed by atoms with E-state index in [0.29, 0.717) is 35.5 Å². The number of nitrogens with one attached hydrogen (secondary N) is 1. The number of benzene rings is 1. The Morgan fingerprint density at radius 3 is 2.68 bits per heavy atom. The number of piperidine rings is 1. The van der Waals surface area contributed by atoms with Gasteiger partial charge in [0.15, 0.2) is 5.82 Å². The van der Waals surface area contributed by atoms with Crippen LogP contribution in [-0.2, 0) is 4.79 Å². The predicted octanol–water partition coefficient (Wildman–Crippen LogP) is 4.25. The lowest BCUT2D eigenvalue weighted by molar-refractivity contribution is -0.126. The van der Waals surface area contributed by atoms with Crippen molar-refractivity contribution >= 4 is 28.3 Å². The van der Waals surface area contributed by atoms with E-state index in [2.05, 4.69) is 34.3 Å². The SMILES string of the molecule is COc1ccc2c(c1)nc(NCCCCCC(=O)[C@H](C(C)C)N1CCC(CCO)CC1)c1nnc(C)n12. The molecule has 1 aliphatic rings. The number of rotatable bonds is 13. The normalized spacial score (nSPS) is 16.1. The Balaban J connectivity index is 1.28. The number of anilines is 1. The van der Waals surface area contributed by atoms with Crippen LogP contribution in [0.4, 0.5) is 5.82 Å². The molecular weight excluding hydrogens is 468 g/mol. The second-order valence-corrected chi connectivity index (χ2v) is 10.6. The standard InChI is InChI=1S/C28H42N6O3/c1-19(2)26(33-15-11-21(12-16-33)13-17-35)25(36)8-6-5-7-14-29-27-28-32-31-20(3)34(28)24-10-9-22(37-4)18-23(24)30-27/h9-10,18-19,21,26,35H,5-8,11-17H2,1-4H3,(H,29,30)/t26-/m0/s1. The fraction of sp³-hybridized carbons (Fsp3) is 0.643. The van der Waals surface area contributed by atoms with Gasteiger partial charge < -0.3 is 15.2 Å². The average Bonchev–Trinajstić information content (AvgIpc) is 3.28. The molecular formula is C28H42N6O3. The Hall–Kier alpha value is -2.78. The molecule has 0 spiro atoms. The van der Waals surface area contributed by atoms with Crippen LogP contribution < -0.4 is 10.1 Å². The van der Waals surface area contributed by atoms with Gasteiger partial charge in [0, 0.05) is 25.6 Å². The highest BCUT2D eigenvalue weighted by atomic mass is 16.5. The molecule has 9 nitrogen and oxygen atoms in total. The summed E-state index contributed by atoms with van der Waals surface area (Å²) in [5, 5.41) is 21.3. The maximum atomic E-state index is 13.1. The first kappa shape index (κ1) is 27.3. The Bertz CT molecular complexity index is 1190. The summed E-state index contributed by atoms with van der Waals surface area (Å²) in [5.41, 5.74) is 2.48. The summed E-state index contributed by atoms with van der Waals surface area (Å²) < 4.78 is 7.39. The lowest BCUT2D eigenvalue weighted by Gasteiger charge is -2.38. The van der Waals surface area contributed by atoms with Crippen molar-refractivity contribution in [1.29, 1.82) is 0 Å². The second kappa shape index (κ2) is 12.6. The molecule has 1 saturated heterocycles. The zero-order valence-corrected chi connectivity index (χ0v) is 22.7. The number of ether oxygens (including phenoxy) is 1. The molecule has 1 aromatic carbocycles. The number of aliphatic hydroxyl groups is 1. The van der Waals surface area contributed by atoms with Gasteiger partial charge in [0.05, 0.1) is 24.2 Å². The molecule has 1 atom stereocenters. The van der Waals surface area contributed by atoms with E-state index in [1.54, 1.807) is 7.11 Å². The number of Topliss-reactive ketones (excluding diaryl/α,β-unsaturated/α-hetero) is 1. The van der Waals surface area contributed by atoms with Crippen LogP contribution in [-0.4, -0.2) is 74.8 Å². The molecule has 0 unspecified atom stereocenters. The van der Waals surface area contributed by atoms with Crippen molar-refractivity contribution < 1.29 is 14.6 Å². The number of ketones is 1. The predicted molar refractivity (Wildman–Crippen MR) is 146 cm³/mol. The molecule has 202 valence electrons. The zero-order chi connectivity index (χ0) is 26.4. The third-order valence-electron chi connectivity index (χ3n) is 7.63. The molecule has 2 aromatic heterocycles. The van der Waals surface area contributed by atoms with Gasteiger partial charge in [-0.2, -0.15) is 0 Å². The Kier molecular flexibility index (Phi) is 9.32. The van der Waals surface area contributed by atoms with Crippen LogP contribution in [0.1, 0.15) is 64.6 Å². The zero-order valence-electron chi connectivity index (χ0n) is 22.7. The fourth-order valence-corrected chi connectivity index (χ4v) is 5.66. The number of aryl methyl sites for hydroxylation is 1. The molecule has 2 N–H and O–H groups in total. The van der Waals surface area contributed by atoms with Crippen LogP contribution in [0.15, 0.2) is 18.2 Å². The van der Waals surface area contributed by atoms with E-state index in [4.69, 9.17) is 9.72 Å². The summed E-state index contributed by atoms with van der Waals surface area (Å²) in [5.74, 6) is 3.56. The molecule has 4 rings (SSSR count). The number of hydrogen-bond donors (Lipinski definition) is 2. The highest BCUT2D eigenvalue weighted by Gasteiger charge is 2.31. The Labute approximate surface area is 219 Å². The van der Waals surface area contributed by atoms with Crippen LogP contribution in [0.3, 0.4) is 0 Å². The maximum Gasteiger partial charge on any atom is 0.204 e. The highest BCUT2D eigenvalue weighted by Crippen LogP contribution is 2.26. The molecule has 0 saturated carbocycles. The molecule has 0 radical (unpaired) electrons. The minimum absolute atomic E-state index is 0.0106. The van der Waals surface area contributed by atoms with E-state index in [9.17, 15) is 9.90 Å². The molecule has 1 aliphatic heterocycles. The van der Waals surface area contributed by atoms with E-state index >= 15 is 0 Å². The average molecular weight is 511 g/mol. The molecule has 0 aliphatic carbocycles. The number of carbonyl (C=O) groups is 1. The van der Waals surface area contributed by atoms with Gasteiger partial charge in [0.2, 0.25) is 5.65 Å². The van der Waals surface area contributed by atoms with E-state index in [-0.39, 0.29) is 12.6 Å². The number of unbranched alkanes of at least 4 members (excludes halogenated alkanes) is 2. The van der Waals surface area contributed by atoms with Gasteiger partial charge in [-0.25, -0.2) is 4.98 Å². The summed E-state index contributed by atoms with van der Waals surface area (Å²) in [6.07, 6.45) is 6.49. The fourth-order valence-electron chi connectivity index (χ4n) is 5.66. The summed E-state index contributed by atoms with van der Waals surface area (Å²) >= 11 is 0. The molecule has 0 amide bonds. The molecule has 37 heavy (non-hydrogen) atoms. The summed E-state index contributed by atoms with van der Waals surface area (Å²) in [4.78, 5) is 20.3. The summed E-state index contributed by atoms with van der Waals surface area (Å²) in [7, 11) is 1.65. The quantitative estimate of drug-likeness (QED) is 0.329. The van der Waals surface area contributed by atoms with Gasteiger partial charge in [-0.15, -0.1) is 10.2 Å². The third kappa shape index (κ3) is 6.38.